The summed E-state index contributed by atoms with van der Waals surface area (Å²) in [5.41, 5.74) is -0.264. The van der Waals surface area contributed by atoms with Crippen molar-refractivity contribution in [2.75, 3.05) is 33.8 Å². The number of amides is 1. The van der Waals surface area contributed by atoms with E-state index in [9.17, 15) is 4.79 Å². The molecule has 0 aromatic heterocycles. The quantitative estimate of drug-likeness (QED) is 0.711. The maximum atomic E-state index is 12.0. The van der Waals surface area contributed by atoms with Crippen molar-refractivity contribution in [1.82, 2.24) is 9.80 Å². The summed E-state index contributed by atoms with van der Waals surface area (Å²) >= 11 is 0. The maximum absolute atomic E-state index is 12.0. The molecule has 1 unspecified atom stereocenters. The van der Waals surface area contributed by atoms with Crippen LogP contribution in [0.3, 0.4) is 0 Å². The van der Waals surface area contributed by atoms with Crippen molar-refractivity contribution in [3.63, 3.8) is 0 Å². The number of carbonyl (C=O) groups excluding carboxylic acids is 1. The van der Waals surface area contributed by atoms with E-state index in [0.29, 0.717) is 0 Å². The van der Waals surface area contributed by atoms with Gasteiger partial charge in [-0.05, 0) is 48.7 Å². The van der Waals surface area contributed by atoms with Crippen molar-refractivity contribution in [2.45, 2.75) is 46.3 Å². The fraction of sp³-hybridized carbons (Fsp3) is 0.923. The van der Waals surface area contributed by atoms with Gasteiger partial charge in [0.25, 0.3) is 0 Å². The molecule has 0 bridgehead atoms. The van der Waals surface area contributed by atoms with Crippen molar-refractivity contribution in [2.24, 2.45) is 0 Å². The molecular weight excluding hydrogens is 216 g/mol. The zero-order valence-corrected chi connectivity index (χ0v) is 12.4. The van der Waals surface area contributed by atoms with Gasteiger partial charge in [0.15, 0.2) is 0 Å². The summed E-state index contributed by atoms with van der Waals surface area (Å²) < 4.78 is 5.52. The number of ether oxygens (including phenoxy) is 1. The van der Waals surface area contributed by atoms with Crippen LogP contribution in [0.25, 0.3) is 0 Å². The fourth-order valence-corrected chi connectivity index (χ4v) is 1.72. The van der Waals surface area contributed by atoms with Crippen LogP contribution in [0.4, 0.5) is 0 Å². The van der Waals surface area contributed by atoms with Crippen molar-refractivity contribution < 1.29 is 9.53 Å². The van der Waals surface area contributed by atoms with Gasteiger partial charge in [0.05, 0.1) is 5.60 Å². The van der Waals surface area contributed by atoms with E-state index in [1.807, 2.05) is 46.7 Å². The fourth-order valence-electron chi connectivity index (χ4n) is 1.72. The Kier molecular flexibility index (Phi) is 6.72. The number of carbonyl (C=O) groups is 1. The molecule has 1 atom stereocenters. The van der Waals surface area contributed by atoms with E-state index in [1.54, 1.807) is 0 Å². The van der Waals surface area contributed by atoms with E-state index in [-0.39, 0.29) is 24.2 Å². The van der Waals surface area contributed by atoms with Gasteiger partial charge in [-0.25, -0.2) is 0 Å². The summed E-state index contributed by atoms with van der Waals surface area (Å²) in [7, 11) is 4.03. The second-order valence-corrected chi connectivity index (χ2v) is 5.69. The Morgan fingerprint density at radius 2 is 1.82 bits per heavy atom. The molecule has 0 saturated heterocycles. The van der Waals surface area contributed by atoms with Gasteiger partial charge in [-0.3, -0.25) is 4.79 Å². The van der Waals surface area contributed by atoms with E-state index < -0.39 is 0 Å². The Hall–Kier alpha value is -0.610. The van der Waals surface area contributed by atoms with Crippen molar-refractivity contribution >= 4 is 5.91 Å². The van der Waals surface area contributed by atoms with E-state index in [1.165, 1.54) is 0 Å². The summed E-state index contributed by atoms with van der Waals surface area (Å²) in [6.07, 6.45) is 0. The number of likely N-dealkylation sites (N-methyl/N-ethyl adjacent to an activating group) is 2. The first-order valence-corrected chi connectivity index (χ1v) is 6.25. The van der Waals surface area contributed by atoms with Crippen LogP contribution >= 0.6 is 0 Å². The first-order valence-electron chi connectivity index (χ1n) is 6.25. The second kappa shape index (κ2) is 6.97. The molecule has 102 valence electrons. The zero-order chi connectivity index (χ0) is 13.6. The molecule has 0 aromatic carbocycles. The molecule has 17 heavy (non-hydrogen) atoms. The lowest BCUT2D eigenvalue weighted by Gasteiger charge is -2.31. The van der Waals surface area contributed by atoms with Crippen LogP contribution in [-0.4, -0.2) is 61.1 Å². The van der Waals surface area contributed by atoms with E-state index in [4.69, 9.17) is 4.74 Å². The van der Waals surface area contributed by atoms with Gasteiger partial charge in [-0.1, -0.05) is 0 Å². The van der Waals surface area contributed by atoms with Gasteiger partial charge in [0.1, 0.15) is 6.61 Å². The monoisotopic (exact) mass is 244 g/mol. The highest BCUT2D eigenvalue weighted by molar-refractivity contribution is 5.77. The van der Waals surface area contributed by atoms with E-state index >= 15 is 0 Å². The first kappa shape index (κ1) is 16.4. The number of hydrogen-bond acceptors (Lipinski definition) is 3. The molecule has 0 heterocycles. The second-order valence-electron chi connectivity index (χ2n) is 5.69. The highest BCUT2D eigenvalue weighted by Gasteiger charge is 2.21. The molecule has 1 amide bonds. The van der Waals surface area contributed by atoms with E-state index in [2.05, 4.69) is 11.8 Å². The molecule has 0 aliphatic heterocycles. The van der Waals surface area contributed by atoms with Gasteiger partial charge < -0.3 is 14.5 Å². The molecule has 0 spiro atoms. The third-order valence-electron chi connectivity index (χ3n) is 2.45. The van der Waals surface area contributed by atoms with Gasteiger partial charge in [-0.15, -0.1) is 0 Å². The molecule has 0 aromatic rings. The van der Waals surface area contributed by atoms with Gasteiger partial charge in [-0.2, -0.15) is 0 Å². The summed E-state index contributed by atoms with van der Waals surface area (Å²) in [5.74, 6) is 0.0665. The van der Waals surface area contributed by atoms with Crippen molar-refractivity contribution in [3.8, 4) is 0 Å². The average molecular weight is 244 g/mol. The molecule has 0 saturated carbocycles. The Labute approximate surface area is 106 Å². The first-order chi connectivity index (χ1) is 7.67. The number of rotatable bonds is 6. The largest absolute Gasteiger partial charge is 0.366 e. The van der Waals surface area contributed by atoms with Crippen LogP contribution in [0.5, 0.6) is 0 Å². The zero-order valence-electron chi connectivity index (χ0n) is 12.4. The lowest BCUT2D eigenvalue weighted by atomic mass is 10.2. The summed E-state index contributed by atoms with van der Waals surface area (Å²) in [6.45, 7) is 11.7. The third kappa shape index (κ3) is 7.34. The highest BCUT2D eigenvalue weighted by atomic mass is 16.5. The van der Waals surface area contributed by atoms with Crippen LogP contribution in [-0.2, 0) is 9.53 Å². The Balaban J connectivity index is 4.30. The Bertz CT molecular complexity index is 234. The number of nitrogens with zero attached hydrogens (tertiary/aromatic N) is 2. The van der Waals surface area contributed by atoms with Gasteiger partial charge in [0.2, 0.25) is 5.91 Å². The minimum absolute atomic E-state index is 0.0665. The molecule has 4 heteroatoms. The summed E-state index contributed by atoms with van der Waals surface area (Å²) in [4.78, 5) is 16.0. The number of hydrogen-bond donors (Lipinski definition) is 0. The highest BCUT2D eigenvalue weighted by Crippen LogP contribution is 2.08. The van der Waals surface area contributed by atoms with Crippen LogP contribution in [0.1, 0.15) is 34.6 Å². The van der Waals surface area contributed by atoms with Gasteiger partial charge >= 0.3 is 0 Å². The SMILES string of the molecule is CCN(C(=O)COC(C)(C)C)C(C)CN(C)C. The van der Waals surface area contributed by atoms with Crippen LogP contribution in [0, 0.1) is 0 Å². The summed E-state index contributed by atoms with van der Waals surface area (Å²) in [5, 5.41) is 0. The lowest BCUT2D eigenvalue weighted by molar-refractivity contribution is -0.143. The molecule has 0 radical (unpaired) electrons. The topological polar surface area (TPSA) is 32.8 Å². The molecular formula is C13H28N2O2. The van der Waals surface area contributed by atoms with Crippen LogP contribution in [0.15, 0.2) is 0 Å². The Morgan fingerprint density at radius 1 is 1.29 bits per heavy atom. The average Bonchev–Trinajstić information content (AvgIpc) is 2.13. The molecule has 0 rings (SSSR count). The summed E-state index contributed by atoms with van der Waals surface area (Å²) in [6, 6.07) is 0.214. The van der Waals surface area contributed by atoms with E-state index in [0.717, 1.165) is 13.1 Å². The molecule has 4 nitrogen and oxygen atoms in total. The minimum atomic E-state index is -0.264. The standard InChI is InChI=1S/C13H28N2O2/c1-8-15(11(2)9-14(6)7)12(16)10-17-13(3,4)5/h11H,8-10H2,1-7H3. The molecule has 0 aliphatic carbocycles. The van der Waals surface area contributed by atoms with Gasteiger partial charge in [0, 0.05) is 19.1 Å². The van der Waals surface area contributed by atoms with Crippen LogP contribution in [0.2, 0.25) is 0 Å². The minimum Gasteiger partial charge on any atom is -0.366 e. The predicted octanol–water partition coefficient (Wildman–Crippen LogP) is 1.60. The molecule has 0 N–H and O–H groups in total. The predicted molar refractivity (Wildman–Crippen MR) is 71.1 cm³/mol. The normalized spacial score (nSPS) is 13.9. The Morgan fingerprint density at radius 3 is 2.18 bits per heavy atom. The maximum Gasteiger partial charge on any atom is 0.248 e. The van der Waals surface area contributed by atoms with Crippen molar-refractivity contribution in [3.05, 3.63) is 0 Å². The lowest BCUT2D eigenvalue weighted by Crippen LogP contribution is -2.46. The molecule has 0 aliphatic rings. The third-order valence-corrected chi connectivity index (χ3v) is 2.45. The van der Waals surface area contributed by atoms with Crippen LogP contribution < -0.4 is 0 Å². The van der Waals surface area contributed by atoms with Crippen molar-refractivity contribution in [1.29, 1.82) is 0 Å². The molecule has 0 fully saturated rings. The smallest absolute Gasteiger partial charge is 0.248 e.